The molecule has 3 saturated heterocycles. The van der Waals surface area contributed by atoms with Crippen molar-refractivity contribution in [3.8, 4) is 5.75 Å². The van der Waals surface area contributed by atoms with Crippen LogP contribution in [0.15, 0.2) is 24.3 Å². The smallest absolute Gasteiger partial charge is 0.150 e. The zero-order valence-corrected chi connectivity index (χ0v) is 26.7. The molecule has 5 rings (SSSR count). The van der Waals surface area contributed by atoms with Gasteiger partial charge in [0.25, 0.3) is 0 Å². The Labute approximate surface area is 234 Å². The number of hydrogen-bond donors (Lipinski definition) is 0. The highest BCUT2D eigenvalue weighted by molar-refractivity contribution is 7.91. The molecule has 5 nitrogen and oxygen atoms in total. The molecule has 6 heteroatoms. The van der Waals surface area contributed by atoms with Crippen LogP contribution in [0.5, 0.6) is 5.75 Å². The van der Waals surface area contributed by atoms with Crippen molar-refractivity contribution in [3.05, 3.63) is 24.3 Å². The second kappa shape index (κ2) is 12.1. The lowest BCUT2D eigenvalue weighted by molar-refractivity contribution is 0.0441. The van der Waals surface area contributed by atoms with E-state index in [2.05, 4.69) is 84.2 Å². The van der Waals surface area contributed by atoms with Gasteiger partial charge in [-0.25, -0.2) is 8.42 Å². The summed E-state index contributed by atoms with van der Waals surface area (Å²) in [4.78, 5) is 5.17. The Kier molecular flexibility index (Phi) is 9.94. The van der Waals surface area contributed by atoms with E-state index in [1.165, 1.54) is 37.8 Å². The van der Waals surface area contributed by atoms with Crippen LogP contribution in [-0.4, -0.2) is 61.1 Å². The van der Waals surface area contributed by atoms with Crippen molar-refractivity contribution < 1.29 is 13.2 Å². The number of ether oxygens (including phenoxy) is 1. The van der Waals surface area contributed by atoms with Gasteiger partial charge < -0.3 is 9.64 Å². The predicted molar refractivity (Wildman–Crippen MR) is 162 cm³/mol. The minimum Gasteiger partial charge on any atom is -0.490 e. The molecular weight excluding hydrogens is 492 g/mol. The van der Waals surface area contributed by atoms with Crippen LogP contribution in [-0.2, 0) is 9.84 Å². The van der Waals surface area contributed by atoms with E-state index in [0.717, 1.165) is 43.8 Å². The lowest BCUT2D eigenvalue weighted by atomic mass is 9.77. The van der Waals surface area contributed by atoms with Gasteiger partial charge in [-0.1, -0.05) is 39.3 Å². The Morgan fingerprint density at radius 2 is 1.32 bits per heavy atom. The van der Waals surface area contributed by atoms with E-state index in [-0.39, 0.29) is 11.0 Å². The van der Waals surface area contributed by atoms with Gasteiger partial charge in [0.1, 0.15) is 22.2 Å². The van der Waals surface area contributed by atoms with Crippen LogP contribution >= 0.6 is 0 Å². The van der Waals surface area contributed by atoms with Gasteiger partial charge in [-0.3, -0.25) is 4.90 Å². The van der Waals surface area contributed by atoms with E-state index in [1.54, 1.807) is 0 Å². The fourth-order valence-electron chi connectivity index (χ4n) is 6.83. The monoisotopic (exact) mass is 548 g/mol. The van der Waals surface area contributed by atoms with Gasteiger partial charge in [0, 0.05) is 23.2 Å². The number of piperidine rings is 1. The summed E-state index contributed by atoms with van der Waals surface area (Å²) in [5, 5.41) is 0. The number of sulfone groups is 1. The first-order valence-electron chi connectivity index (χ1n) is 15.0. The molecule has 2 unspecified atom stereocenters. The predicted octanol–water partition coefficient (Wildman–Crippen LogP) is 7.34. The molecule has 0 N–H and O–H groups in total. The van der Waals surface area contributed by atoms with Crippen molar-refractivity contribution in [2.24, 2.45) is 11.3 Å². The SMILES string of the molecule is CC(C)(C)C1CCS(=O)(=O)CC1.CC(C)(C)N1C2CCCC1CC2.CC(C)(C)N1CCOc2ccccc21. The van der Waals surface area contributed by atoms with E-state index in [1.807, 2.05) is 12.1 Å². The maximum absolute atomic E-state index is 11.1. The first-order chi connectivity index (χ1) is 17.5. The first kappa shape index (κ1) is 31.3. The normalized spacial score (nSPS) is 25.8. The number of para-hydroxylation sites is 2. The summed E-state index contributed by atoms with van der Waals surface area (Å²) in [6, 6.07) is 10.1. The van der Waals surface area contributed by atoms with Crippen molar-refractivity contribution in [1.29, 1.82) is 0 Å². The van der Waals surface area contributed by atoms with Crippen molar-refractivity contribution in [3.63, 3.8) is 0 Å². The quantitative estimate of drug-likeness (QED) is 0.339. The Morgan fingerprint density at radius 3 is 1.79 bits per heavy atom. The molecule has 0 aliphatic carbocycles. The van der Waals surface area contributed by atoms with Crippen LogP contribution in [0.4, 0.5) is 5.69 Å². The molecule has 0 radical (unpaired) electrons. The molecule has 0 amide bonds. The molecule has 1 aromatic rings. The third-order valence-corrected chi connectivity index (χ3v) is 10.5. The molecule has 3 fully saturated rings. The number of nitrogens with zero attached hydrogens (tertiary/aromatic N) is 2. The van der Waals surface area contributed by atoms with Crippen molar-refractivity contribution in [2.75, 3.05) is 29.6 Å². The number of fused-ring (bicyclic) bond motifs is 3. The van der Waals surface area contributed by atoms with Gasteiger partial charge in [-0.2, -0.15) is 0 Å². The average molecular weight is 549 g/mol. The third kappa shape index (κ3) is 8.36. The summed E-state index contributed by atoms with van der Waals surface area (Å²) in [6.45, 7) is 22.1. The maximum atomic E-state index is 11.1. The fourth-order valence-corrected chi connectivity index (χ4v) is 8.33. The van der Waals surface area contributed by atoms with Crippen LogP contribution in [0.2, 0.25) is 0 Å². The van der Waals surface area contributed by atoms with Crippen LogP contribution in [0.1, 0.15) is 107 Å². The number of rotatable bonds is 0. The second-order valence-electron chi connectivity index (χ2n) is 14.8. The molecule has 4 heterocycles. The van der Waals surface area contributed by atoms with E-state index < -0.39 is 9.84 Å². The highest BCUT2D eigenvalue weighted by Crippen LogP contribution is 2.40. The van der Waals surface area contributed by atoms with E-state index in [0.29, 0.717) is 23.0 Å². The van der Waals surface area contributed by atoms with Gasteiger partial charge in [0.15, 0.2) is 0 Å². The fraction of sp³-hybridized carbons (Fsp3) is 0.812. The standard InChI is InChI=1S/C12H17NO.C11H21N.C9H18O2S/c1-12(2,3)13-8-9-14-11-7-5-4-6-10(11)13;1-11(2,3)12-9-5-4-6-10(12)8-7-9;1-9(2,3)8-4-6-12(10,11)7-5-8/h4-7H,8-9H2,1-3H3;9-10H,4-8H2,1-3H3;8H,4-7H2,1-3H3. The second-order valence-corrected chi connectivity index (χ2v) is 17.1. The largest absolute Gasteiger partial charge is 0.490 e. The first-order valence-corrected chi connectivity index (χ1v) is 16.8. The molecule has 0 saturated carbocycles. The zero-order chi connectivity index (χ0) is 28.4. The summed E-state index contributed by atoms with van der Waals surface area (Å²) < 4.78 is 27.9. The molecule has 38 heavy (non-hydrogen) atoms. The zero-order valence-electron chi connectivity index (χ0n) is 25.8. The van der Waals surface area contributed by atoms with Gasteiger partial charge >= 0.3 is 0 Å². The maximum Gasteiger partial charge on any atom is 0.150 e. The van der Waals surface area contributed by atoms with E-state index in [9.17, 15) is 8.42 Å². The van der Waals surface area contributed by atoms with E-state index >= 15 is 0 Å². The van der Waals surface area contributed by atoms with Gasteiger partial charge in [-0.05, 0) is 104 Å². The van der Waals surface area contributed by atoms with Crippen LogP contribution < -0.4 is 9.64 Å². The summed E-state index contributed by atoms with van der Waals surface area (Å²) in [5.41, 5.74) is 2.06. The Bertz CT molecular complexity index is 971. The number of benzene rings is 1. The third-order valence-electron chi connectivity index (χ3n) is 8.79. The summed E-state index contributed by atoms with van der Waals surface area (Å²) in [7, 11) is -2.68. The van der Waals surface area contributed by atoms with Crippen LogP contribution in [0.25, 0.3) is 0 Å². The van der Waals surface area contributed by atoms with Crippen molar-refractivity contribution in [2.45, 2.75) is 130 Å². The van der Waals surface area contributed by atoms with Gasteiger partial charge in [0.05, 0.1) is 23.7 Å². The Balaban J connectivity index is 0.000000159. The van der Waals surface area contributed by atoms with Crippen molar-refractivity contribution in [1.82, 2.24) is 4.90 Å². The topological polar surface area (TPSA) is 49.9 Å². The number of anilines is 1. The van der Waals surface area contributed by atoms with E-state index in [4.69, 9.17) is 4.74 Å². The summed E-state index contributed by atoms with van der Waals surface area (Å²) in [6.07, 6.45) is 9.00. The molecule has 2 bridgehead atoms. The highest BCUT2D eigenvalue weighted by atomic mass is 32.2. The van der Waals surface area contributed by atoms with Gasteiger partial charge in [-0.15, -0.1) is 0 Å². The van der Waals surface area contributed by atoms with Crippen LogP contribution in [0.3, 0.4) is 0 Å². The molecule has 2 atom stereocenters. The summed E-state index contributed by atoms with van der Waals surface area (Å²) >= 11 is 0. The van der Waals surface area contributed by atoms with Gasteiger partial charge in [0.2, 0.25) is 0 Å². The van der Waals surface area contributed by atoms with Crippen molar-refractivity contribution >= 4 is 15.5 Å². The minimum atomic E-state index is -2.68. The lowest BCUT2D eigenvalue weighted by Gasteiger charge is -2.44. The lowest BCUT2D eigenvalue weighted by Crippen LogP contribution is -2.51. The van der Waals surface area contributed by atoms with Crippen LogP contribution in [0, 0.1) is 11.3 Å². The molecule has 0 spiro atoms. The number of hydrogen-bond acceptors (Lipinski definition) is 5. The minimum absolute atomic E-state index is 0.167. The molecule has 1 aromatic carbocycles. The molecule has 4 aliphatic rings. The Morgan fingerprint density at radius 1 is 0.763 bits per heavy atom. The Hall–Kier alpha value is -1.27. The molecule has 218 valence electrons. The molecular formula is C32H56N2O3S. The molecule has 0 aromatic heterocycles. The average Bonchev–Trinajstić information content (AvgIpc) is 3.08. The summed E-state index contributed by atoms with van der Waals surface area (Å²) in [5.74, 6) is 2.39. The highest BCUT2D eigenvalue weighted by Gasteiger charge is 2.41. The molecule has 4 aliphatic heterocycles.